The third-order valence-corrected chi connectivity index (χ3v) is 4.48. The summed E-state index contributed by atoms with van der Waals surface area (Å²) in [7, 11) is 0. The Bertz CT molecular complexity index is 985. The average Bonchev–Trinajstić information content (AvgIpc) is 3.14. The van der Waals surface area contributed by atoms with E-state index in [4.69, 9.17) is 16.1 Å². The standard InChI is InChI=1S/C21H14ClFN2O2/c22-16-7-3-14(4-8-16)21-18(20(26)15-2-1-11-24-12-15)19(25-27-21)13-5-9-17(23)10-6-13/h1-12,20,26H. The molecular weight excluding hydrogens is 367 g/mol. The lowest BCUT2D eigenvalue weighted by atomic mass is 9.95. The minimum absolute atomic E-state index is 0.352. The lowest BCUT2D eigenvalue weighted by Gasteiger charge is -2.12. The Labute approximate surface area is 159 Å². The molecule has 2 aromatic carbocycles. The topological polar surface area (TPSA) is 59.2 Å². The first-order valence-corrected chi connectivity index (χ1v) is 8.60. The molecule has 4 aromatic rings. The number of aromatic nitrogens is 2. The van der Waals surface area contributed by atoms with Crippen LogP contribution >= 0.6 is 11.6 Å². The van der Waals surface area contributed by atoms with Gasteiger partial charge in [0.1, 0.15) is 17.6 Å². The summed E-state index contributed by atoms with van der Waals surface area (Å²) in [4.78, 5) is 4.07. The quantitative estimate of drug-likeness (QED) is 0.523. The van der Waals surface area contributed by atoms with E-state index < -0.39 is 6.10 Å². The van der Waals surface area contributed by atoms with E-state index in [-0.39, 0.29) is 5.82 Å². The first kappa shape index (κ1) is 17.4. The first-order chi connectivity index (χ1) is 13.1. The van der Waals surface area contributed by atoms with Crippen LogP contribution in [0.4, 0.5) is 4.39 Å². The van der Waals surface area contributed by atoms with Gasteiger partial charge < -0.3 is 9.63 Å². The zero-order valence-electron chi connectivity index (χ0n) is 14.0. The average molecular weight is 381 g/mol. The Hall–Kier alpha value is -3.02. The van der Waals surface area contributed by atoms with Crippen molar-refractivity contribution >= 4 is 11.6 Å². The van der Waals surface area contributed by atoms with Crippen LogP contribution in [-0.4, -0.2) is 15.2 Å². The predicted molar refractivity (Wildman–Crippen MR) is 101 cm³/mol. The van der Waals surface area contributed by atoms with E-state index in [0.29, 0.717) is 33.2 Å². The number of aliphatic hydroxyl groups is 1. The predicted octanol–water partition coefficient (Wildman–Crippen LogP) is 5.28. The lowest BCUT2D eigenvalue weighted by molar-refractivity contribution is 0.220. The Morgan fingerprint density at radius 1 is 0.963 bits per heavy atom. The van der Waals surface area contributed by atoms with Gasteiger partial charge in [0, 0.05) is 34.1 Å². The van der Waals surface area contributed by atoms with Crippen LogP contribution in [0.25, 0.3) is 22.6 Å². The van der Waals surface area contributed by atoms with Crippen molar-refractivity contribution in [2.45, 2.75) is 6.10 Å². The molecule has 0 bridgehead atoms. The van der Waals surface area contributed by atoms with Crippen molar-refractivity contribution in [3.8, 4) is 22.6 Å². The molecule has 0 aliphatic carbocycles. The van der Waals surface area contributed by atoms with Crippen molar-refractivity contribution in [1.82, 2.24) is 10.1 Å². The van der Waals surface area contributed by atoms with Gasteiger partial charge in [0.05, 0.1) is 5.56 Å². The second-order valence-corrected chi connectivity index (χ2v) is 6.41. The Morgan fingerprint density at radius 2 is 1.67 bits per heavy atom. The molecular formula is C21H14ClFN2O2. The smallest absolute Gasteiger partial charge is 0.173 e. The second-order valence-electron chi connectivity index (χ2n) is 5.98. The molecule has 0 aliphatic rings. The fourth-order valence-corrected chi connectivity index (χ4v) is 3.01. The molecule has 0 saturated heterocycles. The van der Waals surface area contributed by atoms with Crippen LogP contribution in [0.1, 0.15) is 17.2 Å². The van der Waals surface area contributed by atoms with E-state index >= 15 is 0 Å². The van der Waals surface area contributed by atoms with E-state index in [9.17, 15) is 9.50 Å². The zero-order valence-corrected chi connectivity index (χ0v) is 14.8. The van der Waals surface area contributed by atoms with Gasteiger partial charge in [-0.25, -0.2) is 4.39 Å². The molecule has 2 aromatic heterocycles. The second kappa shape index (κ2) is 7.31. The fourth-order valence-electron chi connectivity index (χ4n) is 2.88. The van der Waals surface area contributed by atoms with Crippen LogP contribution in [0.3, 0.4) is 0 Å². The number of pyridine rings is 1. The van der Waals surface area contributed by atoms with Crippen molar-refractivity contribution in [2.75, 3.05) is 0 Å². The molecule has 0 aliphatic heterocycles. The van der Waals surface area contributed by atoms with E-state index in [2.05, 4.69) is 10.1 Å². The van der Waals surface area contributed by atoms with Crippen molar-refractivity contribution in [3.63, 3.8) is 0 Å². The summed E-state index contributed by atoms with van der Waals surface area (Å²) >= 11 is 5.97. The van der Waals surface area contributed by atoms with Crippen molar-refractivity contribution in [1.29, 1.82) is 0 Å². The maximum atomic E-state index is 13.3. The largest absolute Gasteiger partial charge is 0.383 e. The van der Waals surface area contributed by atoms with Crippen molar-refractivity contribution < 1.29 is 14.0 Å². The maximum Gasteiger partial charge on any atom is 0.173 e. The van der Waals surface area contributed by atoms with Gasteiger partial charge in [0.2, 0.25) is 0 Å². The Kier molecular flexibility index (Phi) is 4.71. The molecule has 6 heteroatoms. The fraction of sp³-hybridized carbons (Fsp3) is 0.0476. The van der Waals surface area contributed by atoms with Crippen LogP contribution in [0.2, 0.25) is 5.02 Å². The molecule has 2 heterocycles. The van der Waals surface area contributed by atoms with E-state index in [1.807, 2.05) is 0 Å². The summed E-state index contributed by atoms with van der Waals surface area (Å²) in [6, 6.07) is 16.4. The molecule has 27 heavy (non-hydrogen) atoms. The van der Waals surface area contributed by atoms with E-state index in [1.165, 1.54) is 12.1 Å². The minimum Gasteiger partial charge on any atom is -0.383 e. The van der Waals surface area contributed by atoms with Gasteiger partial charge >= 0.3 is 0 Å². The molecule has 134 valence electrons. The Balaban J connectivity index is 1.89. The van der Waals surface area contributed by atoms with Gasteiger partial charge in [-0.05, 0) is 54.6 Å². The number of aliphatic hydroxyl groups excluding tert-OH is 1. The van der Waals surface area contributed by atoms with Gasteiger partial charge in [0.25, 0.3) is 0 Å². The summed E-state index contributed by atoms with van der Waals surface area (Å²) in [6.07, 6.45) is 2.19. The molecule has 0 saturated carbocycles. The van der Waals surface area contributed by atoms with Gasteiger partial charge in [-0.15, -0.1) is 0 Å². The first-order valence-electron chi connectivity index (χ1n) is 8.23. The highest BCUT2D eigenvalue weighted by atomic mass is 35.5. The summed E-state index contributed by atoms with van der Waals surface area (Å²) in [5, 5.41) is 15.8. The van der Waals surface area contributed by atoms with Crippen molar-refractivity contribution in [3.05, 3.63) is 95.0 Å². The molecule has 4 rings (SSSR count). The third kappa shape index (κ3) is 3.47. The zero-order chi connectivity index (χ0) is 18.8. The molecule has 1 N–H and O–H groups in total. The number of hydrogen-bond donors (Lipinski definition) is 1. The number of benzene rings is 2. The highest BCUT2D eigenvalue weighted by Crippen LogP contribution is 2.39. The lowest BCUT2D eigenvalue weighted by Crippen LogP contribution is -2.02. The highest BCUT2D eigenvalue weighted by molar-refractivity contribution is 6.30. The number of halogens is 2. The van der Waals surface area contributed by atoms with E-state index in [1.54, 1.807) is 60.9 Å². The molecule has 1 unspecified atom stereocenters. The molecule has 0 spiro atoms. The molecule has 0 amide bonds. The number of hydrogen-bond acceptors (Lipinski definition) is 4. The summed E-state index contributed by atoms with van der Waals surface area (Å²) in [6.45, 7) is 0. The molecule has 0 fully saturated rings. The molecule has 0 radical (unpaired) electrons. The maximum absolute atomic E-state index is 13.3. The molecule has 4 nitrogen and oxygen atoms in total. The van der Waals surface area contributed by atoms with Gasteiger partial charge in [-0.2, -0.15) is 0 Å². The van der Waals surface area contributed by atoms with Gasteiger partial charge in [-0.3, -0.25) is 4.98 Å². The number of rotatable bonds is 4. The number of nitrogens with zero attached hydrogens (tertiary/aromatic N) is 2. The van der Waals surface area contributed by atoms with Gasteiger partial charge in [-0.1, -0.05) is 22.8 Å². The van der Waals surface area contributed by atoms with Crippen LogP contribution in [0.15, 0.2) is 77.6 Å². The summed E-state index contributed by atoms with van der Waals surface area (Å²) < 4.78 is 18.9. The van der Waals surface area contributed by atoms with Crippen LogP contribution in [-0.2, 0) is 0 Å². The normalized spacial score (nSPS) is 12.1. The van der Waals surface area contributed by atoms with Crippen LogP contribution in [0.5, 0.6) is 0 Å². The van der Waals surface area contributed by atoms with E-state index in [0.717, 1.165) is 5.56 Å². The minimum atomic E-state index is -1.02. The van der Waals surface area contributed by atoms with Crippen LogP contribution in [0, 0.1) is 5.82 Å². The summed E-state index contributed by atoms with van der Waals surface area (Å²) in [5.74, 6) is 0.0665. The van der Waals surface area contributed by atoms with Crippen molar-refractivity contribution in [2.24, 2.45) is 0 Å². The third-order valence-electron chi connectivity index (χ3n) is 4.23. The monoisotopic (exact) mass is 380 g/mol. The van der Waals surface area contributed by atoms with Crippen LogP contribution < -0.4 is 0 Å². The highest BCUT2D eigenvalue weighted by Gasteiger charge is 2.26. The molecule has 1 atom stereocenters. The summed E-state index contributed by atoms with van der Waals surface area (Å²) in [5.41, 5.74) is 2.88. The Morgan fingerprint density at radius 3 is 2.33 bits per heavy atom. The van der Waals surface area contributed by atoms with Gasteiger partial charge in [0.15, 0.2) is 5.76 Å². The SMILES string of the molecule is OC(c1cccnc1)c1c(-c2ccc(F)cc2)noc1-c1ccc(Cl)cc1.